The molecule has 8 nitrogen and oxygen atoms in total. The summed E-state index contributed by atoms with van der Waals surface area (Å²) in [4.78, 5) is 14.5. The van der Waals surface area contributed by atoms with Gasteiger partial charge in [0.2, 0.25) is 0 Å². The lowest BCUT2D eigenvalue weighted by atomic mass is 10.1. The Kier molecular flexibility index (Phi) is 5.50. The normalized spacial score (nSPS) is 18.8. The molecule has 2 aliphatic heterocycles. The van der Waals surface area contributed by atoms with Crippen molar-refractivity contribution in [1.29, 1.82) is 0 Å². The maximum Gasteiger partial charge on any atom is 0.319 e. The van der Waals surface area contributed by atoms with E-state index in [2.05, 4.69) is 25.2 Å². The van der Waals surface area contributed by atoms with Crippen LogP contribution < -0.4 is 16.0 Å². The number of amidine groups is 1. The average molecular weight is 414 g/mol. The fraction of sp³-hybridized carbons (Fsp3) is 0.300. The van der Waals surface area contributed by atoms with E-state index in [1.54, 1.807) is 24.3 Å². The van der Waals surface area contributed by atoms with Crippen LogP contribution in [-0.2, 0) is 10.0 Å². The summed E-state index contributed by atoms with van der Waals surface area (Å²) in [5.74, 6) is 0.428. The van der Waals surface area contributed by atoms with E-state index in [4.69, 9.17) is 0 Å². The van der Waals surface area contributed by atoms with E-state index in [-0.39, 0.29) is 17.0 Å². The van der Waals surface area contributed by atoms with Gasteiger partial charge in [-0.2, -0.15) is 8.42 Å². The molecule has 2 amide bonds. The van der Waals surface area contributed by atoms with Gasteiger partial charge in [-0.05, 0) is 37.1 Å². The lowest BCUT2D eigenvalue weighted by Crippen LogP contribution is -2.47. The highest BCUT2D eigenvalue weighted by Crippen LogP contribution is 2.26. The first kappa shape index (κ1) is 19.4. The van der Waals surface area contributed by atoms with Gasteiger partial charge in [-0.25, -0.2) is 4.79 Å². The van der Waals surface area contributed by atoms with Crippen LogP contribution in [-0.4, -0.2) is 50.9 Å². The SMILES string of the molecule is O=C(Nc1ccccc1)NC1CCN(CC2=NS(=O)(=O)c3ccccc3N2)CC1. The molecule has 0 aliphatic carbocycles. The fourth-order valence-electron chi connectivity index (χ4n) is 3.56. The number of hydrogen-bond acceptors (Lipinski definition) is 5. The molecular weight excluding hydrogens is 390 g/mol. The fourth-order valence-corrected chi connectivity index (χ4v) is 4.70. The molecule has 0 aromatic heterocycles. The summed E-state index contributed by atoms with van der Waals surface area (Å²) >= 11 is 0. The molecule has 0 bridgehead atoms. The topological polar surface area (TPSA) is 103 Å². The maximum atomic E-state index is 12.3. The van der Waals surface area contributed by atoms with Gasteiger partial charge >= 0.3 is 6.03 Å². The Bertz CT molecular complexity index is 1020. The van der Waals surface area contributed by atoms with Crippen molar-refractivity contribution in [2.24, 2.45) is 4.40 Å². The molecule has 0 spiro atoms. The first-order valence-corrected chi connectivity index (χ1v) is 11.0. The number of likely N-dealkylation sites (tertiary alicyclic amines) is 1. The number of benzene rings is 2. The number of nitrogens with zero attached hydrogens (tertiary/aromatic N) is 2. The van der Waals surface area contributed by atoms with Crippen LogP contribution in [0.15, 0.2) is 63.9 Å². The molecule has 9 heteroatoms. The van der Waals surface area contributed by atoms with E-state index in [1.807, 2.05) is 30.3 Å². The van der Waals surface area contributed by atoms with Gasteiger partial charge in [0.1, 0.15) is 10.7 Å². The Morgan fingerprint density at radius 1 is 1.07 bits per heavy atom. The van der Waals surface area contributed by atoms with Crippen LogP contribution in [0.1, 0.15) is 12.8 Å². The Labute approximate surface area is 170 Å². The van der Waals surface area contributed by atoms with Crippen molar-refractivity contribution in [3.63, 3.8) is 0 Å². The van der Waals surface area contributed by atoms with Gasteiger partial charge < -0.3 is 16.0 Å². The zero-order chi connectivity index (χ0) is 20.3. The van der Waals surface area contributed by atoms with Crippen LogP contribution in [0.2, 0.25) is 0 Å². The summed E-state index contributed by atoms with van der Waals surface area (Å²) in [6.45, 7) is 1.92. The number of rotatable bonds is 4. The average Bonchev–Trinajstić information content (AvgIpc) is 2.70. The molecule has 2 heterocycles. The Hall–Kier alpha value is -2.91. The van der Waals surface area contributed by atoms with Crippen molar-refractivity contribution in [3.05, 3.63) is 54.6 Å². The van der Waals surface area contributed by atoms with Gasteiger partial charge in [-0.15, -0.1) is 4.40 Å². The van der Waals surface area contributed by atoms with Crippen molar-refractivity contribution >= 4 is 33.3 Å². The number of carbonyl (C=O) groups excluding carboxylic acids is 1. The molecular formula is C20H23N5O3S. The number of para-hydroxylation sites is 2. The minimum absolute atomic E-state index is 0.0840. The minimum atomic E-state index is -3.66. The molecule has 152 valence electrons. The summed E-state index contributed by atoms with van der Waals surface area (Å²) in [6, 6.07) is 16.0. The lowest BCUT2D eigenvalue weighted by molar-refractivity contribution is 0.213. The number of nitrogens with one attached hydrogen (secondary N) is 3. The van der Waals surface area contributed by atoms with Gasteiger partial charge in [-0.1, -0.05) is 30.3 Å². The maximum absolute atomic E-state index is 12.3. The quantitative estimate of drug-likeness (QED) is 0.715. The molecule has 1 fully saturated rings. The van der Waals surface area contributed by atoms with Crippen molar-refractivity contribution in [2.45, 2.75) is 23.8 Å². The predicted octanol–water partition coefficient (Wildman–Crippen LogP) is 2.49. The Morgan fingerprint density at radius 3 is 2.52 bits per heavy atom. The lowest BCUT2D eigenvalue weighted by Gasteiger charge is -2.33. The van der Waals surface area contributed by atoms with E-state index in [0.29, 0.717) is 18.1 Å². The number of hydrogen-bond donors (Lipinski definition) is 3. The monoisotopic (exact) mass is 413 g/mol. The Balaban J connectivity index is 1.28. The molecule has 29 heavy (non-hydrogen) atoms. The first-order chi connectivity index (χ1) is 14.0. The molecule has 2 aromatic carbocycles. The van der Waals surface area contributed by atoms with Crippen LogP contribution in [0.5, 0.6) is 0 Å². The van der Waals surface area contributed by atoms with Crippen LogP contribution in [0.4, 0.5) is 16.2 Å². The molecule has 0 atom stereocenters. The zero-order valence-corrected chi connectivity index (χ0v) is 16.7. The zero-order valence-electron chi connectivity index (χ0n) is 15.8. The van der Waals surface area contributed by atoms with Gasteiger partial charge in [0.15, 0.2) is 0 Å². The van der Waals surface area contributed by atoms with Crippen molar-refractivity contribution in [3.8, 4) is 0 Å². The molecule has 2 aliphatic rings. The molecule has 0 unspecified atom stereocenters. The minimum Gasteiger partial charge on any atom is -0.341 e. The van der Waals surface area contributed by atoms with E-state index >= 15 is 0 Å². The van der Waals surface area contributed by atoms with E-state index in [9.17, 15) is 13.2 Å². The highest BCUT2D eigenvalue weighted by atomic mass is 32.2. The van der Waals surface area contributed by atoms with Crippen LogP contribution in [0, 0.1) is 0 Å². The third-order valence-electron chi connectivity index (χ3n) is 5.00. The second-order valence-corrected chi connectivity index (χ2v) is 8.72. The number of urea groups is 1. The van der Waals surface area contributed by atoms with Crippen molar-refractivity contribution in [2.75, 3.05) is 30.3 Å². The van der Waals surface area contributed by atoms with Gasteiger partial charge in [-0.3, -0.25) is 4.90 Å². The molecule has 3 N–H and O–H groups in total. The predicted molar refractivity (Wildman–Crippen MR) is 113 cm³/mol. The highest BCUT2D eigenvalue weighted by molar-refractivity contribution is 7.90. The van der Waals surface area contributed by atoms with Gasteiger partial charge in [0, 0.05) is 24.8 Å². The molecule has 2 aromatic rings. The largest absolute Gasteiger partial charge is 0.341 e. The summed E-state index contributed by atoms with van der Waals surface area (Å²) in [5, 5.41) is 8.94. The molecule has 0 saturated carbocycles. The number of piperidine rings is 1. The number of carbonyl (C=O) groups is 1. The van der Waals surface area contributed by atoms with Crippen LogP contribution in [0.25, 0.3) is 0 Å². The van der Waals surface area contributed by atoms with Gasteiger partial charge in [0.25, 0.3) is 10.0 Å². The smallest absolute Gasteiger partial charge is 0.319 e. The second-order valence-electron chi connectivity index (χ2n) is 7.15. The number of anilines is 2. The third kappa shape index (κ3) is 4.75. The Morgan fingerprint density at radius 2 is 1.76 bits per heavy atom. The third-order valence-corrected chi connectivity index (χ3v) is 6.37. The first-order valence-electron chi connectivity index (χ1n) is 9.54. The summed E-state index contributed by atoms with van der Waals surface area (Å²) in [7, 11) is -3.66. The summed E-state index contributed by atoms with van der Waals surface area (Å²) in [6.07, 6.45) is 1.58. The van der Waals surface area contributed by atoms with Gasteiger partial charge in [0.05, 0.1) is 12.2 Å². The van der Waals surface area contributed by atoms with Crippen LogP contribution >= 0.6 is 0 Å². The second kappa shape index (κ2) is 8.22. The number of fused-ring (bicyclic) bond motifs is 1. The molecule has 0 radical (unpaired) electrons. The van der Waals surface area contributed by atoms with E-state index < -0.39 is 10.0 Å². The van der Waals surface area contributed by atoms with E-state index in [1.165, 1.54) is 0 Å². The summed E-state index contributed by atoms with van der Waals surface area (Å²) < 4.78 is 28.6. The highest BCUT2D eigenvalue weighted by Gasteiger charge is 2.27. The van der Waals surface area contributed by atoms with Crippen molar-refractivity contribution in [1.82, 2.24) is 10.2 Å². The molecule has 1 saturated heterocycles. The number of sulfonamides is 1. The van der Waals surface area contributed by atoms with Crippen molar-refractivity contribution < 1.29 is 13.2 Å². The number of amides is 2. The standard InChI is InChI=1S/C20H23N5O3S/c26-20(21-15-6-2-1-3-7-15)22-16-10-12-25(13-11-16)14-19-23-17-8-4-5-9-18(17)29(27,28)24-19/h1-9,16H,10-14H2,(H,23,24)(H2,21,22,26). The molecule has 4 rings (SSSR count). The summed E-state index contributed by atoms with van der Waals surface area (Å²) in [5.41, 5.74) is 1.32. The van der Waals surface area contributed by atoms with E-state index in [0.717, 1.165) is 31.6 Å². The van der Waals surface area contributed by atoms with Crippen LogP contribution in [0.3, 0.4) is 0 Å².